The number of hydrogen-bond acceptors (Lipinski definition) is 4. The molecule has 8 heteroatoms. The molecule has 0 unspecified atom stereocenters. The van der Waals surface area contributed by atoms with Gasteiger partial charge in [0.2, 0.25) is 5.91 Å². The first-order chi connectivity index (χ1) is 14.5. The molecule has 0 radical (unpaired) electrons. The summed E-state index contributed by atoms with van der Waals surface area (Å²) in [6.07, 6.45) is 1.54. The minimum atomic E-state index is -0.425. The summed E-state index contributed by atoms with van der Waals surface area (Å²) in [6, 6.07) is 17.0. The second kappa shape index (κ2) is 10.3. The molecule has 1 aromatic heterocycles. The van der Waals surface area contributed by atoms with Gasteiger partial charge in [0.1, 0.15) is 5.76 Å². The van der Waals surface area contributed by atoms with Crippen LogP contribution in [0.4, 0.5) is 0 Å². The van der Waals surface area contributed by atoms with Crippen molar-refractivity contribution in [1.82, 2.24) is 16.0 Å². The molecule has 0 spiro atoms. The first-order valence-corrected chi connectivity index (χ1v) is 9.59. The number of amides is 3. The van der Waals surface area contributed by atoms with E-state index >= 15 is 0 Å². The van der Waals surface area contributed by atoms with Crippen LogP contribution in [-0.4, -0.2) is 24.3 Å². The minimum Gasteiger partial charge on any atom is -0.467 e. The molecule has 3 aromatic rings. The Labute approximate surface area is 178 Å². The van der Waals surface area contributed by atoms with E-state index < -0.39 is 5.91 Å². The maximum Gasteiger partial charge on any atom is 0.253 e. The van der Waals surface area contributed by atoms with Crippen molar-refractivity contribution in [3.63, 3.8) is 0 Å². The molecule has 1 heterocycles. The predicted octanol–water partition coefficient (Wildman–Crippen LogP) is 2.91. The SMILES string of the molecule is O=C(CNC(=O)c1ccccc1Cl)NCc1cccc(C(=O)NCc2ccco2)c1. The first kappa shape index (κ1) is 21.1. The Hall–Kier alpha value is -3.58. The summed E-state index contributed by atoms with van der Waals surface area (Å²) in [5, 5.41) is 8.32. The normalized spacial score (nSPS) is 10.3. The lowest BCUT2D eigenvalue weighted by molar-refractivity contribution is -0.120. The number of furan rings is 1. The van der Waals surface area contributed by atoms with Crippen LogP contribution in [-0.2, 0) is 17.9 Å². The highest BCUT2D eigenvalue weighted by atomic mass is 35.5. The lowest BCUT2D eigenvalue weighted by atomic mass is 10.1. The van der Waals surface area contributed by atoms with Gasteiger partial charge in [-0.05, 0) is 42.0 Å². The Morgan fingerprint density at radius 1 is 0.833 bits per heavy atom. The molecule has 154 valence electrons. The average molecular weight is 426 g/mol. The number of nitrogens with one attached hydrogen (secondary N) is 3. The topological polar surface area (TPSA) is 100 Å². The molecule has 7 nitrogen and oxygen atoms in total. The van der Waals surface area contributed by atoms with E-state index in [1.54, 1.807) is 66.9 Å². The van der Waals surface area contributed by atoms with Gasteiger partial charge in [0.05, 0.1) is 29.9 Å². The molecule has 0 saturated carbocycles. The van der Waals surface area contributed by atoms with Gasteiger partial charge < -0.3 is 20.4 Å². The van der Waals surface area contributed by atoms with Gasteiger partial charge in [0.15, 0.2) is 0 Å². The molecule has 3 amide bonds. The Bertz CT molecular complexity index is 1030. The minimum absolute atomic E-state index is 0.187. The molecular formula is C22H20ClN3O4. The summed E-state index contributed by atoms with van der Waals surface area (Å²) >= 11 is 5.97. The van der Waals surface area contributed by atoms with E-state index in [-0.39, 0.29) is 31.4 Å². The Morgan fingerprint density at radius 3 is 2.43 bits per heavy atom. The second-order valence-electron chi connectivity index (χ2n) is 6.40. The lowest BCUT2D eigenvalue weighted by Crippen LogP contribution is -2.36. The van der Waals surface area contributed by atoms with E-state index in [0.29, 0.717) is 21.9 Å². The van der Waals surface area contributed by atoms with Crippen molar-refractivity contribution in [2.45, 2.75) is 13.1 Å². The van der Waals surface area contributed by atoms with Gasteiger partial charge in [0, 0.05) is 12.1 Å². The second-order valence-corrected chi connectivity index (χ2v) is 6.81. The smallest absolute Gasteiger partial charge is 0.253 e. The molecule has 0 aliphatic rings. The third-order valence-corrected chi connectivity index (χ3v) is 4.54. The number of hydrogen-bond donors (Lipinski definition) is 3. The molecule has 0 bridgehead atoms. The van der Waals surface area contributed by atoms with Gasteiger partial charge in [0.25, 0.3) is 11.8 Å². The third kappa shape index (κ3) is 5.96. The highest BCUT2D eigenvalue weighted by molar-refractivity contribution is 6.33. The molecule has 2 aromatic carbocycles. The summed E-state index contributed by atoms with van der Waals surface area (Å²) in [4.78, 5) is 36.4. The van der Waals surface area contributed by atoms with Crippen molar-refractivity contribution < 1.29 is 18.8 Å². The Morgan fingerprint density at radius 2 is 1.67 bits per heavy atom. The monoisotopic (exact) mass is 425 g/mol. The van der Waals surface area contributed by atoms with E-state index in [2.05, 4.69) is 16.0 Å². The molecule has 3 rings (SSSR count). The van der Waals surface area contributed by atoms with Crippen LogP contribution in [0.2, 0.25) is 5.02 Å². The largest absolute Gasteiger partial charge is 0.467 e. The van der Waals surface area contributed by atoms with E-state index in [0.717, 1.165) is 5.56 Å². The fraction of sp³-hybridized carbons (Fsp3) is 0.136. The molecule has 0 aliphatic heterocycles. The van der Waals surface area contributed by atoms with Gasteiger partial charge >= 0.3 is 0 Å². The van der Waals surface area contributed by atoms with Gasteiger partial charge in [-0.15, -0.1) is 0 Å². The lowest BCUT2D eigenvalue weighted by Gasteiger charge is -2.09. The molecule has 30 heavy (non-hydrogen) atoms. The zero-order chi connectivity index (χ0) is 21.3. The van der Waals surface area contributed by atoms with Crippen LogP contribution in [0.5, 0.6) is 0 Å². The van der Waals surface area contributed by atoms with Crippen molar-refractivity contribution in [3.05, 3.63) is 94.4 Å². The summed E-state index contributed by atoms with van der Waals surface area (Å²) in [6.45, 7) is 0.325. The van der Waals surface area contributed by atoms with Crippen molar-refractivity contribution in [1.29, 1.82) is 0 Å². The fourth-order valence-electron chi connectivity index (χ4n) is 2.67. The number of halogens is 1. The molecule has 3 N–H and O–H groups in total. The van der Waals surface area contributed by atoms with Crippen LogP contribution in [0, 0.1) is 0 Å². The molecule has 0 fully saturated rings. The molecule has 0 saturated heterocycles. The highest BCUT2D eigenvalue weighted by Crippen LogP contribution is 2.14. The maximum atomic E-state index is 12.3. The van der Waals surface area contributed by atoms with Gasteiger partial charge in [-0.3, -0.25) is 14.4 Å². The van der Waals surface area contributed by atoms with Crippen LogP contribution in [0.15, 0.2) is 71.3 Å². The van der Waals surface area contributed by atoms with Crippen molar-refractivity contribution in [3.8, 4) is 0 Å². The van der Waals surface area contributed by atoms with Crippen molar-refractivity contribution in [2.24, 2.45) is 0 Å². The summed E-state index contributed by atoms with van der Waals surface area (Å²) in [5.41, 5.74) is 1.53. The fourth-order valence-corrected chi connectivity index (χ4v) is 2.89. The van der Waals surface area contributed by atoms with Crippen LogP contribution in [0.1, 0.15) is 32.0 Å². The number of rotatable bonds is 8. The highest BCUT2D eigenvalue weighted by Gasteiger charge is 2.11. The summed E-state index contributed by atoms with van der Waals surface area (Å²) < 4.78 is 5.18. The zero-order valence-electron chi connectivity index (χ0n) is 16.0. The Kier molecular flexibility index (Phi) is 7.24. The van der Waals surface area contributed by atoms with Crippen LogP contribution in [0.25, 0.3) is 0 Å². The van der Waals surface area contributed by atoms with Crippen molar-refractivity contribution >= 4 is 29.3 Å². The maximum absolute atomic E-state index is 12.3. The van der Waals surface area contributed by atoms with Crippen LogP contribution < -0.4 is 16.0 Å². The van der Waals surface area contributed by atoms with Gasteiger partial charge in [-0.1, -0.05) is 35.9 Å². The Balaban J connectivity index is 1.46. The van der Waals surface area contributed by atoms with E-state index in [4.69, 9.17) is 16.0 Å². The van der Waals surface area contributed by atoms with Gasteiger partial charge in [-0.2, -0.15) is 0 Å². The third-order valence-electron chi connectivity index (χ3n) is 4.21. The van der Waals surface area contributed by atoms with Crippen LogP contribution in [0.3, 0.4) is 0 Å². The first-order valence-electron chi connectivity index (χ1n) is 9.22. The van der Waals surface area contributed by atoms with E-state index in [1.807, 2.05) is 0 Å². The number of carbonyl (C=O) groups excluding carboxylic acids is 3. The number of carbonyl (C=O) groups is 3. The molecule has 0 aliphatic carbocycles. The van der Waals surface area contributed by atoms with Crippen molar-refractivity contribution in [2.75, 3.05) is 6.54 Å². The molecule has 0 atom stereocenters. The standard InChI is InChI=1S/C22H20ClN3O4/c23-19-9-2-1-8-18(19)22(29)26-14-20(27)24-12-15-5-3-6-16(11-15)21(28)25-13-17-7-4-10-30-17/h1-11H,12-14H2,(H,24,27)(H,25,28)(H,26,29). The van der Waals surface area contributed by atoms with E-state index in [9.17, 15) is 14.4 Å². The van der Waals surface area contributed by atoms with Crippen LogP contribution >= 0.6 is 11.6 Å². The zero-order valence-corrected chi connectivity index (χ0v) is 16.7. The summed E-state index contributed by atoms with van der Waals surface area (Å²) in [7, 11) is 0. The summed E-state index contributed by atoms with van der Waals surface area (Å²) in [5.74, 6) is -0.369. The van der Waals surface area contributed by atoms with Gasteiger partial charge in [-0.25, -0.2) is 0 Å². The predicted molar refractivity (Wildman–Crippen MR) is 112 cm³/mol. The molecular weight excluding hydrogens is 406 g/mol. The van der Waals surface area contributed by atoms with E-state index in [1.165, 1.54) is 0 Å². The quantitative estimate of drug-likeness (QED) is 0.516. The number of benzene rings is 2. The average Bonchev–Trinajstić information content (AvgIpc) is 3.28.